The molecule has 4 heteroatoms. The fraction of sp³-hybridized carbons (Fsp3) is 0.600. The Morgan fingerprint density at radius 1 is 1.16 bits per heavy atom. The monoisotopic (exact) mass is 282 g/mol. The lowest BCUT2D eigenvalue weighted by Crippen LogP contribution is -2.33. The molecule has 0 amide bonds. The van der Waals surface area contributed by atoms with E-state index in [2.05, 4.69) is 0 Å². The average molecular weight is 283 g/mol. The first-order valence-electron chi connectivity index (χ1n) is 6.95. The molecule has 0 aromatic heterocycles. The van der Waals surface area contributed by atoms with Gasteiger partial charge in [-0.05, 0) is 18.9 Å². The number of halogens is 1. The summed E-state index contributed by atoms with van der Waals surface area (Å²) in [6, 6.07) is 7.62. The quantitative estimate of drug-likeness (QED) is 0.903. The molecule has 2 fully saturated rings. The van der Waals surface area contributed by atoms with Gasteiger partial charge in [0, 0.05) is 23.4 Å². The fourth-order valence-electron chi connectivity index (χ4n) is 3.10. The van der Waals surface area contributed by atoms with Crippen LogP contribution in [0.1, 0.15) is 43.8 Å². The van der Waals surface area contributed by atoms with Crippen molar-refractivity contribution in [2.24, 2.45) is 0 Å². The lowest BCUT2D eigenvalue weighted by atomic mass is 9.94. The third-order valence-electron chi connectivity index (χ3n) is 4.05. The summed E-state index contributed by atoms with van der Waals surface area (Å²) in [6.45, 7) is -0.0440. The lowest BCUT2D eigenvalue weighted by molar-refractivity contribution is -0.196. The molecule has 1 aliphatic carbocycles. The Bertz CT molecular complexity index is 443. The van der Waals surface area contributed by atoms with Gasteiger partial charge in [-0.1, -0.05) is 36.2 Å². The van der Waals surface area contributed by atoms with Crippen molar-refractivity contribution in [3.8, 4) is 0 Å². The molecule has 1 heterocycles. The number of ether oxygens (including phenoxy) is 2. The van der Waals surface area contributed by atoms with Gasteiger partial charge in [0.15, 0.2) is 5.79 Å². The number of benzene rings is 1. The summed E-state index contributed by atoms with van der Waals surface area (Å²) in [6.07, 6.45) is 4.69. The van der Waals surface area contributed by atoms with Gasteiger partial charge in [-0.3, -0.25) is 0 Å². The van der Waals surface area contributed by atoms with E-state index < -0.39 is 5.79 Å². The number of hydrogen-bond acceptors (Lipinski definition) is 3. The zero-order chi connectivity index (χ0) is 13.3. The standard InChI is InChI=1S/C15H19ClO3/c16-12-7-3-2-6-11(12)14-13(10-17)18-15(19-14)8-4-1-5-9-15/h2-3,6-7,13-14,17H,1,4-5,8-10H2. The van der Waals surface area contributed by atoms with Gasteiger partial charge in [-0.2, -0.15) is 0 Å². The first-order chi connectivity index (χ1) is 9.24. The van der Waals surface area contributed by atoms with Crippen LogP contribution in [-0.2, 0) is 9.47 Å². The molecule has 2 atom stereocenters. The Kier molecular flexibility index (Phi) is 3.81. The molecule has 1 spiro atoms. The second-order valence-corrected chi connectivity index (χ2v) is 5.78. The predicted octanol–water partition coefficient (Wildman–Crippen LogP) is 3.45. The minimum atomic E-state index is -0.504. The zero-order valence-corrected chi connectivity index (χ0v) is 11.6. The van der Waals surface area contributed by atoms with E-state index in [1.807, 2.05) is 24.3 Å². The largest absolute Gasteiger partial charge is 0.394 e. The summed E-state index contributed by atoms with van der Waals surface area (Å²) < 4.78 is 12.2. The number of aliphatic hydroxyl groups is 1. The van der Waals surface area contributed by atoms with E-state index in [-0.39, 0.29) is 18.8 Å². The first-order valence-corrected chi connectivity index (χ1v) is 7.33. The Hall–Kier alpha value is -0.610. The van der Waals surface area contributed by atoms with Crippen LogP contribution in [0.3, 0.4) is 0 Å². The van der Waals surface area contributed by atoms with Gasteiger partial charge < -0.3 is 14.6 Å². The van der Waals surface area contributed by atoms with Gasteiger partial charge in [0.05, 0.1) is 6.61 Å². The van der Waals surface area contributed by atoms with E-state index in [1.54, 1.807) is 0 Å². The fourth-order valence-corrected chi connectivity index (χ4v) is 3.34. The molecule has 0 bridgehead atoms. The molecule has 0 radical (unpaired) electrons. The SMILES string of the molecule is OCC1OC2(CCCCC2)OC1c1ccccc1Cl. The van der Waals surface area contributed by atoms with E-state index in [1.165, 1.54) is 6.42 Å². The third-order valence-corrected chi connectivity index (χ3v) is 4.40. The highest BCUT2D eigenvalue weighted by atomic mass is 35.5. The zero-order valence-electron chi connectivity index (χ0n) is 10.8. The molecule has 2 unspecified atom stereocenters. The Labute approximate surface area is 118 Å². The van der Waals surface area contributed by atoms with Crippen molar-refractivity contribution >= 4 is 11.6 Å². The Balaban J connectivity index is 1.87. The van der Waals surface area contributed by atoms with E-state index >= 15 is 0 Å². The molecule has 1 aliphatic heterocycles. The van der Waals surface area contributed by atoms with Gasteiger partial charge in [0.1, 0.15) is 12.2 Å². The van der Waals surface area contributed by atoms with Gasteiger partial charge in [-0.15, -0.1) is 0 Å². The van der Waals surface area contributed by atoms with Crippen LogP contribution in [0.2, 0.25) is 5.02 Å². The minimum Gasteiger partial charge on any atom is -0.394 e. The molecule has 1 aromatic rings. The number of aliphatic hydroxyl groups excluding tert-OH is 1. The van der Waals surface area contributed by atoms with Crippen LogP contribution in [0.15, 0.2) is 24.3 Å². The molecule has 104 valence electrons. The van der Waals surface area contributed by atoms with E-state index in [4.69, 9.17) is 21.1 Å². The minimum absolute atomic E-state index is 0.0440. The maximum Gasteiger partial charge on any atom is 0.169 e. The highest BCUT2D eigenvalue weighted by Gasteiger charge is 2.48. The normalized spacial score (nSPS) is 29.8. The lowest BCUT2D eigenvalue weighted by Gasteiger charge is -2.32. The van der Waals surface area contributed by atoms with Crippen molar-refractivity contribution in [3.63, 3.8) is 0 Å². The van der Waals surface area contributed by atoms with Crippen LogP contribution in [0, 0.1) is 0 Å². The smallest absolute Gasteiger partial charge is 0.169 e. The van der Waals surface area contributed by atoms with Crippen LogP contribution in [0.5, 0.6) is 0 Å². The van der Waals surface area contributed by atoms with E-state index in [0.29, 0.717) is 5.02 Å². The topological polar surface area (TPSA) is 38.7 Å². The van der Waals surface area contributed by atoms with Crippen molar-refractivity contribution in [2.45, 2.75) is 50.1 Å². The van der Waals surface area contributed by atoms with Gasteiger partial charge in [-0.25, -0.2) is 0 Å². The molecule has 1 aromatic carbocycles. The molecule has 3 nitrogen and oxygen atoms in total. The van der Waals surface area contributed by atoms with Crippen LogP contribution in [0.4, 0.5) is 0 Å². The maximum absolute atomic E-state index is 9.55. The van der Waals surface area contributed by atoms with Crippen molar-refractivity contribution in [2.75, 3.05) is 6.61 Å². The summed E-state index contributed by atoms with van der Waals surface area (Å²) in [5.74, 6) is -0.504. The van der Waals surface area contributed by atoms with Gasteiger partial charge in [0.2, 0.25) is 0 Å². The molecule has 2 aliphatic rings. The summed E-state index contributed by atoms with van der Waals surface area (Å²) >= 11 is 6.24. The highest BCUT2D eigenvalue weighted by molar-refractivity contribution is 6.31. The summed E-state index contributed by atoms with van der Waals surface area (Å²) in [5.41, 5.74) is 0.908. The molecule has 19 heavy (non-hydrogen) atoms. The second-order valence-electron chi connectivity index (χ2n) is 5.37. The number of rotatable bonds is 2. The molecule has 1 N–H and O–H groups in total. The second kappa shape index (κ2) is 5.41. The van der Waals surface area contributed by atoms with Crippen molar-refractivity contribution in [3.05, 3.63) is 34.9 Å². The van der Waals surface area contributed by atoms with Crippen LogP contribution >= 0.6 is 11.6 Å². The summed E-state index contributed by atoms with van der Waals surface area (Å²) in [4.78, 5) is 0. The first kappa shape index (κ1) is 13.4. The maximum atomic E-state index is 9.55. The van der Waals surface area contributed by atoms with Crippen LogP contribution in [-0.4, -0.2) is 23.6 Å². The van der Waals surface area contributed by atoms with Crippen LogP contribution in [0.25, 0.3) is 0 Å². The highest BCUT2D eigenvalue weighted by Crippen LogP contribution is 2.46. The van der Waals surface area contributed by atoms with Crippen molar-refractivity contribution in [1.82, 2.24) is 0 Å². The summed E-state index contributed by atoms with van der Waals surface area (Å²) in [7, 11) is 0. The predicted molar refractivity (Wildman–Crippen MR) is 73.1 cm³/mol. The van der Waals surface area contributed by atoms with E-state index in [0.717, 1.165) is 31.2 Å². The Morgan fingerprint density at radius 3 is 2.58 bits per heavy atom. The van der Waals surface area contributed by atoms with Crippen LogP contribution < -0.4 is 0 Å². The van der Waals surface area contributed by atoms with Gasteiger partial charge in [0.25, 0.3) is 0 Å². The molecule has 1 saturated carbocycles. The molecular formula is C15H19ClO3. The summed E-state index contributed by atoms with van der Waals surface area (Å²) in [5, 5.41) is 10.2. The van der Waals surface area contributed by atoms with Crippen molar-refractivity contribution < 1.29 is 14.6 Å². The average Bonchev–Trinajstić information content (AvgIpc) is 2.78. The number of hydrogen-bond donors (Lipinski definition) is 1. The third kappa shape index (κ3) is 2.52. The molecular weight excluding hydrogens is 264 g/mol. The van der Waals surface area contributed by atoms with Gasteiger partial charge >= 0.3 is 0 Å². The Morgan fingerprint density at radius 2 is 1.89 bits per heavy atom. The molecule has 3 rings (SSSR count). The molecule has 1 saturated heterocycles. The van der Waals surface area contributed by atoms with E-state index in [9.17, 15) is 5.11 Å². The van der Waals surface area contributed by atoms with Crippen molar-refractivity contribution in [1.29, 1.82) is 0 Å².